The van der Waals surface area contributed by atoms with Gasteiger partial charge in [-0.3, -0.25) is 9.59 Å². The number of hydrogen-bond donors (Lipinski definition) is 1. The molecule has 0 spiro atoms. The highest BCUT2D eigenvalue weighted by Gasteiger charge is 2.39. The van der Waals surface area contributed by atoms with Gasteiger partial charge in [0.2, 0.25) is 0 Å². The van der Waals surface area contributed by atoms with Crippen LogP contribution in [0, 0.1) is 0 Å². The molecule has 0 bridgehead atoms. The Bertz CT molecular complexity index is 1880. The largest absolute Gasteiger partial charge is 0.493 e. The van der Waals surface area contributed by atoms with Crippen molar-refractivity contribution in [3.8, 4) is 23.0 Å². The average Bonchev–Trinajstić information content (AvgIpc) is 3.30. The second-order valence-electron chi connectivity index (χ2n) is 16.9. The van der Waals surface area contributed by atoms with Crippen LogP contribution in [0.3, 0.4) is 0 Å². The lowest BCUT2D eigenvalue weighted by Gasteiger charge is -2.45. The van der Waals surface area contributed by atoms with E-state index in [1.54, 1.807) is 63.7 Å². The van der Waals surface area contributed by atoms with Gasteiger partial charge in [0, 0.05) is 82.1 Å². The van der Waals surface area contributed by atoms with E-state index in [9.17, 15) is 14.4 Å². The SMILES string of the molecule is COCCCOc1cc(C(=O)N(C(C)C)[C@@H]2CCCN(C(=O)OCc3ccccc3)[C@@H]2C)ccc1OC.COCCCOc1cc(C(=O)N(C(C)C)[C@@H]2CCCN[C@@H]2C)ccc1OC. The van der Waals surface area contributed by atoms with Gasteiger partial charge >= 0.3 is 6.09 Å². The number of methoxy groups -OCH3 is 4. The molecule has 354 valence electrons. The van der Waals surface area contributed by atoms with Crippen LogP contribution in [-0.2, 0) is 20.8 Å². The van der Waals surface area contributed by atoms with Gasteiger partial charge in [-0.15, -0.1) is 0 Å². The van der Waals surface area contributed by atoms with E-state index in [0.29, 0.717) is 67.1 Å². The highest BCUT2D eigenvalue weighted by Crippen LogP contribution is 2.33. The van der Waals surface area contributed by atoms with E-state index in [2.05, 4.69) is 26.1 Å². The highest BCUT2D eigenvalue weighted by atomic mass is 16.6. The van der Waals surface area contributed by atoms with Gasteiger partial charge in [0.1, 0.15) is 6.61 Å². The van der Waals surface area contributed by atoms with Gasteiger partial charge in [0.15, 0.2) is 23.0 Å². The molecule has 0 aromatic heterocycles. The maximum absolute atomic E-state index is 13.8. The van der Waals surface area contributed by atoms with Crippen molar-refractivity contribution < 1.29 is 47.5 Å². The first-order chi connectivity index (χ1) is 30.9. The lowest BCUT2D eigenvalue weighted by Crippen LogP contribution is -2.58. The maximum atomic E-state index is 13.8. The van der Waals surface area contributed by atoms with Crippen LogP contribution in [0.25, 0.3) is 0 Å². The third-order valence-electron chi connectivity index (χ3n) is 11.7. The number of amides is 3. The van der Waals surface area contributed by atoms with E-state index in [0.717, 1.165) is 50.6 Å². The molecule has 2 aliphatic rings. The third kappa shape index (κ3) is 14.5. The van der Waals surface area contributed by atoms with Crippen molar-refractivity contribution in [1.29, 1.82) is 0 Å². The molecule has 14 nitrogen and oxygen atoms in total. The maximum Gasteiger partial charge on any atom is 0.410 e. The summed E-state index contributed by atoms with van der Waals surface area (Å²) >= 11 is 0. The van der Waals surface area contributed by atoms with Crippen LogP contribution in [0.1, 0.15) is 106 Å². The molecule has 2 aliphatic heterocycles. The number of hydrogen-bond acceptors (Lipinski definition) is 11. The number of rotatable bonds is 20. The Hall–Kier alpha value is -5.05. The number of nitrogens with zero attached hydrogens (tertiary/aromatic N) is 3. The predicted octanol–water partition coefficient (Wildman–Crippen LogP) is 8.25. The number of carbonyl (C=O) groups is 3. The van der Waals surface area contributed by atoms with Crippen LogP contribution < -0.4 is 24.3 Å². The van der Waals surface area contributed by atoms with Crippen molar-refractivity contribution in [2.75, 3.05) is 68.0 Å². The molecule has 0 saturated carbocycles. The van der Waals surface area contributed by atoms with Gasteiger partial charge in [-0.1, -0.05) is 30.3 Å². The molecule has 14 heteroatoms. The topological polar surface area (TPSA) is 138 Å². The zero-order valence-electron chi connectivity index (χ0n) is 39.9. The van der Waals surface area contributed by atoms with Crippen molar-refractivity contribution in [1.82, 2.24) is 20.0 Å². The summed E-state index contributed by atoms with van der Waals surface area (Å²) < 4.78 is 38.3. The first-order valence-corrected chi connectivity index (χ1v) is 22.8. The third-order valence-corrected chi connectivity index (χ3v) is 11.7. The monoisotopic (exact) mass is 891 g/mol. The molecule has 2 saturated heterocycles. The Balaban J connectivity index is 0.000000295. The van der Waals surface area contributed by atoms with E-state index in [-0.39, 0.29) is 60.8 Å². The van der Waals surface area contributed by atoms with Gasteiger partial charge in [-0.25, -0.2) is 4.79 Å². The van der Waals surface area contributed by atoms with E-state index >= 15 is 0 Å². The van der Waals surface area contributed by atoms with Crippen LogP contribution >= 0.6 is 0 Å². The van der Waals surface area contributed by atoms with Crippen LogP contribution in [0.2, 0.25) is 0 Å². The first-order valence-electron chi connectivity index (χ1n) is 22.8. The Morgan fingerprint density at radius 1 is 0.672 bits per heavy atom. The molecule has 0 unspecified atom stereocenters. The highest BCUT2D eigenvalue weighted by molar-refractivity contribution is 5.96. The minimum Gasteiger partial charge on any atom is -0.493 e. The van der Waals surface area contributed by atoms with E-state index in [1.807, 2.05) is 67.0 Å². The molecule has 3 aromatic rings. The van der Waals surface area contributed by atoms with Gasteiger partial charge in [-0.05, 0) is 116 Å². The molecule has 4 atom stereocenters. The van der Waals surface area contributed by atoms with E-state index < -0.39 is 0 Å². The van der Waals surface area contributed by atoms with Crippen molar-refractivity contribution in [3.63, 3.8) is 0 Å². The number of nitrogens with one attached hydrogen (secondary N) is 1. The molecular weight excluding hydrogens is 817 g/mol. The number of likely N-dealkylation sites (tertiary alicyclic amines) is 1. The van der Waals surface area contributed by atoms with Crippen molar-refractivity contribution in [2.24, 2.45) is 0 Å². The molecule has 1 N–H and O–H groups in total. The molecule has 2 heterocycles. The summed E-state index contributed by atoms with van der Waals surface area (Å²) in [5, 5.41) is 3.49. The second kappa shape index (κ2) is 26.7. The summed E-state index contributed by atoms with van der Waals surface area (Å²) in [5.41, 5.74) is 2.09. The van der Waals surface area contributed by atoms with Gasteiger partial charge in [-0.2, -0.15) is 0 Å². The Labute approximate surface area is 381 Å². The summed E-state index contributed by atoms with van der Waals surface area (Å²) in [6.45, 7) is 16.3. The van der Waals surface area contributed by atoms with E-state index in [1.165, 1.54) is 0 Å². The first kappa shape index (κ1) is 51.6. The minimum atomic E-state index is -0.353. The average molecular weight is 891 g/mol. The predicted molar refractivity (Wildman–Crippen MR) is 249 cm³/mol. The molecule has 2 fully saturated rings. The van der Waals surface area contributed by atoms with Crippen LogP contribution in [0.15, 0.2) is 66.7 Å². The quantitative estimate of drug-likeness (QED) is 0.110. The fraction of sp³-hybridized carbons (Fsp3) is 0.580. The lowest BCUT2D eigenvalue weighted by molar-refractivity contribution is 0.0175. The lowest BCUT2D eigenvalue weighted by atomic mass is 9.94. The van der Waals surface area contributed by atoms with Gasteiger partial charge < -0.3 is 53.2 Å². The normalized spacial score (nSPS) is 18.4. The molecule has 5 rings (SSSR count). The Kier molecular flexibility index (Phi) is 21.5. The number of ether oxygens (including phenoxy) is 7. The molecule has 3 amide bonds. The van der Waals surface area contributed by atoms with Crippen LogP contribution in [0.5, 0.6) is 23.0 Å². The van der Waals surface area contributed by atoms with Crippen LogP contribution in [-0.4, -0.2) is 137 Å². The zero-order valence-corrected chi connectivity index (χ0v) is 39.9. The number of carbonyl (C=O) groups excluding carboxylic acids is 3. The van der Waals surface area contributed by atoms with Crippen molar-refractivity contribution in [3.05, 3.63) is 83.4 Å². The molecular formula is C50H74N4O10. The number of piperidine rings is 2. The molecule has 0 aliphatic carbocycles. The second-order valence-corrected chi connectivity index (χ2v) is 16.9. The smallest absolute Gasteiger partial charge is 0.410 e. The minimum absolute atomic E-state index is 0.0370. The fourth-order valence-electron chi connectivity index (χ4n) is 8.41. The zero-order chi connectivity index (χ0) is 46.6. The molecule has 64 heavy (non-hydrogen) atoms. The Morgan fingerprint density at radius 2 is 1.19 bits per heavy atom. The van der Waals surface area contributed by atoms with Crippen molar-refractivity contribution >= 4 is 17.9 Å². The number of benzene rings is 3. The summed E-state index contributed by atoms with van der Waals surface area (Å²) in [7, 11) is 6.50. The van der Waals surface area contributed by atoms with Gasteiger partial charge in [0.25, 0.3) is 11.8 Å². The Morgan fingerprint density at radius 3 is 1.67 bits per heavy atom. The standard InChI is InChI=1S/C29H40N2O6.C21H34N2O4/c1-21(2)31(28(32)24-14-15-26(35-5)27(19-24)36-18-10-17-34-4)25-13-9-16-30(22(25)3)29(33)37-20-23-11-7-6-8-12-23;1-15(2)23(18-8-6-11-22-16(18)3)21(24)17-9-10-19(26-5)20(14-17)27-13-7-12-25-4/h6-8,11-12,14-15,19,21-22,25H,9-10,13,16-18,20H2,1-5H3;9-10,14-16,18,22H,6-8,11-13H2,1-5H3/t22-,25-;16-,18-/m11/s1. The summed E-state index contributed by atoms with van der Waals surface area (Å²) in [6.07, 6.45) is 4.86. The van der Waals surface area contributed by atoms with Crippen molar-refractivity contribution in [2.45, 2.75) is 123 Å². The summed E-state index contributed by atoms with van der Waals surface area (Å²) in [4.78, 5) is 45.8. The van der Waals surface area contributed by atoms with Crippen LogP contribution in [0.4, 0.5) is 4.79 Å². The molecule has 3 aromatic carbocycles. The van der Waals surface area contributed by atoms with E-state index in [4.69, 9.17) is 33.2 Å². The van der Waals surface area contributed by atoms with Gasteiger partial charge in [0.05, 0.1) is 39.5 Å². The summed E-state index contributed by atoms with van der Waals surface area (Å²) in [6, 6.07) is 20.5. The molecule has 0 radical (unpaired) electrons. The fourth-order valence-corrected chi connectivity index (χ4v) is 8.41. The summed E-state index contributed by atoms with van der Waals surface area (Å²) in [5.74, 6) is 2.26.